The quantitative estimate of drug-likeness (QED) is 0.878. The fraction of sp³-hybridized carbons (Fsp3) is 0.231. The van der Waals surface area contributed by atoms with Gasteiger partial charge in [-0.25, -0.2) is 13.4 Å². The summed E-state index contributed by atoms with van der Waals surface area (Å²) >= 11 is 0. The molecule has 2 rings (SSSR count). The predicted octanol–water partition coefficient (Wildman–Crippen LogP) is 0.756. The minimum absolute atomic E-state index is 0.0149. The Morgan fingerprint density at radius 3 is 2.55 bits per heavy atom. The van der Waals surface area contributed by atoms with E-state index in [2.05, 4.69) is 9.97 Å². The van der Waals surface area contributed by atoms with Crippen molar-refractivity contribution in [2.75, 3.05) is 7.05 Å². The van der Waals surface area contributed by atoms with Crippen LogP contribution in [0.2, 0.25) is 0 Å². The smallest absolute Gasteiger partial charge is 0.260 e. The summed E-state index contributed by atoms with van der Waals surface area (Å²) in [5.74, 6) is 0. The summed E-state index contributed by atoms with van der Waals surface area (Å²) in [6.07, 6.45) is 4.76. The maximum absolute atomic E-state index is 12.3. The van der Waals surface area contributed by atoms with E-state index in [1.165, 1.54) is 23.6 Å². The van der Waals surface area contributed by atoms with Gasteiger partial charge in [-0.05, 0) is 23.3 Å². The highest BCUT2D eigenvalue weighted by atomic mass is 32.2. The molecule has 0 aromatic carbocycles. The maximum atomic E-state index is 12.3. The van der Waals surface area contributed by atoms with Gasteiger partial charge in [0.05, 0.1) is 0 Å². The monoisotopic (exact) mass is 292 g/mol. The molecule has 0 unspecified atom stereocenters. The third-order valence-electron chi connectivity index (χ3n) is 2.84. The lowest BCUT2D eigenvalue weighted by molar-refractivity contribution is 0.463. The van der Waals surface area contributed by atoms with Crippen LogP contribution in [-0.2, 0) is 23.1 Å². The number of hydrogen-bond donors (Lipinski definition) is 1. The number of pyridine rings is 2. The summed E-state index contributed by atoms with van der Waals surface area (Å²) in [5, 5.41) is 0.0149. The molecule has 0 aliphatic carbocycles. The average molecular weight is 292 g/mol. The first-order valence-corrected chi connectivity index (χ1v) is 7.48. The summed E-state index contributed by atoms with van der Waals surface area (Å²) < 4.78 is 25.9. The molecule has 2 aromatic heterocycles. The third-order valence-corrected chi connectivity index (χ3v) is 4.56. The molecule has 6 nitrogen and oxygen atoms in total. The van der Waals surface area contributed by atoms with Gasteiger partial charge in [-0.15, -0.1) is 0 Å². The molecule has 0 radical (unpaired) electrons. The normalized spacial score (nSPS) is 11.8. The average Bonchev–Trinajstić information content (AvgIpc) is 2.48. The first-order valence-electron chi connectivity index (χ1n) is 6.04. The second-order valence-electron chi connectivity index (χ2n) is 4.33. The van der Waals surface area contributed by atoms with Gasteiger partial charge in [0.1, 0.15) is 0 Å². The van der Waals surface area contributed by atoms with Crippen LogP contribution in [0.5, 0.6) is 0 Å². The molecule has 2 N–H and O–H groups in total. The van der Waals surface area contributed by atoms with Crippen molar-refractivity contribution in [3.05, 3.63) is 54.0 Å². The van der Waals surface area contributed by atoms with Gasteiger partial charge in [-0.2, -0.15) is 4.31 Å². The molecule has 0 bridgehead atoms. The molecule has 0 aliphatic heterocycles. The molecule has 2 aromatic rings. The summed E-state index contributed by atoms with van der Waals surface area (Å²) in [5.41, 5.74) is 7.07. The lowest BCUT2D eigenvalue weighted by Gasteiger charge is -2.16. The molecule has 0 aliphatic rings. The van der Waals surface area contributed by atoms with E-state index in [9.17, 15) is 8.42 Å². The Balaban J connectivity index is 2.20. The Morgan fingerprint density at radius 2 is 2.00 bits per heavy atom. The molecule has 20 heavy (non-hydrogen) atoms. The highest BCUT2D eigenvalue weighted by molar-refractivity contribution is 7.89. The Labute approximate surface area is 118 Å². The van der Waals surface area contributed by atoms with Crippen molar-refractivity contribution in [3.8, 4) is 0 Å². The Hall–Kier alpha value is -1.83. The van der Waals surface area contributed by atoms with E-state index in [4.69, 9.17) is 5.73 Å². The zero-order valence-electron chi connectivity index (χ0n) is 11.1. The molecular formula is C13H16N4O2S. The van der Waals surface area contributed by atoms with Crippen LogP contribution in [0.3, 0.4) is 0 Å². The Bertz CT molecular complexity index is 657. The van der Waals surface area contributed by atoms with Crippen molar-refractivity contribution in [1.29, 1.82) is 0 Å². The highest BCUT2D eigenvalue weighted by Crippen LogP contribution is 2.14. The summed E-state index contributed by atoms with van der Waals surface area (Å²) in [4.78, 5) is 7.92. The second kappa shape index (κ2) is 6.08. The fourth-order valence-corrected chi connectivity index (χ4v) is 2.74. The molecule has 7 heteroatoms. The first-order chi connectivity index (χ1) is 9.54. The zero-order chi connectivity index (χ0) is 14.6. The summed E-state index contributed by atoms with van der Waals surface area (Å²) in [7, 11) is -2.09. The van der Waals surface area contributed by atoms with E-state index in [1.54, 1.807) is 24.5 Å². The van der Waals surface area contributed by atoms with Crippen LogP contribution in [-0.4, -0.2) is 29.7 Å². The van der Waals surface area contributed by atoms with Crippen molar-refractivity contribution in [3.63, 3.8) is 0 Å². The number of hydrogen-bond acceptors (Lipinski definition) is 5. The van der Waals surface area contributed by atoms with E-state index >= 15 is 0 Å². The predicted molar refractivity (Wildman–Crippen MR) is 75.0 cm³/mol. The topological polar surface area (TPSA) is 89.2 Å². The van der Waals surface area contributed by atoms with Crippen LogP contribution in [0.15, 0.2) is 47.9 Å². The molecule has 0 amide bonds. The number of nitrogens with zero attached hydrogens (tertiary/aromatic N) is 3. The van der Waals surface area contributed by atoms with E-state index in [1.807, 2.05) is 6.07 Å². The molecule has 0 fully saturated rings. The number of nitrogens with two attached hydrogens (primary N) is 1. The van der Waals surface area contributed by atoms with Gasteiger partial charge in [0.25, 0.3) is 10.0 Å². The van der Waals surface area contributed by atoms with Crippen molar-refractivity contribution >= 4 is 10.0 Å². The van der Waals surface area contributed by atoms with Crippen LogP contribution < -0.4 is 5.73 Å². The molecule has 0 atom stereocenters. The van der Waals surface area contributed by atoms with Gasteiger partial charge in [0.15, 0.2) is 5.03 Å². The van der Waals surface area contributed by atoms with Crippen LogP contribution in [0.1, 0.15) is 11.1 Å². The standard InChI is InChI=1S/C13H16N4O2S/c1-17(10-12-3-2-6-15-8-12)20(18,19)13-5-4-11(7-14)9-16-13/h2-6,8-9H,7,10,14H2,1H3. The van der Waals surface area contributed by atoms with Gasteiger partial charge in [0, 0.05) is 38.7 Å². The largest absolute Gasteiger partial charge is 0.326 e. The van der Waals surface area contributed by atoms with Gasteiger partial charge >= 0.3 is 0 Å². The minimum Gasteiger partial charge on any atom is -0.326 e. The van der Waals surface area contributed by atoms with Gasteiger partial charge in [0.2, 0.25) is 0 Å². The fourth-order valence-electron chi connectivity index (χ4n) is 1.68. The zero-order valence-corrected chi connectivity index (χ0v) is 11.9. The molecule has 0 spiro atoms. The van der Waals surface area contributed by atoms with Gasteiger partial charge in [-0.3, -0.25) is 4.98 Å². The van der Waals surface area contributed by atoms with Crippen LogP contribution in [0.4, 0.5) is 0 Å². The van der Waals surface area contributed by atoms with Crippen LogP contribution in [0.25, 0.3) is 0 Å². The molecular weight excluding hydrogens is 276 g/mol. The highest BCUT2D eigenvalue weighted by Gasteiger charge is 2.22. The van der Waals surface area contributed by atoms with E-state index in [0.29, 0.717) is 6.54 Å². The second-order valence-corrected chi connectivity index (χ2v) is 6.32. The van der Waals surface area contributed by atoms with Crippen LogP contribution >= 0.6 is 0 Å². The molecule has 2 heterocycles. The Morgan fingerprint density at radius 1 is 1.20 bits per heavy atom. The SMILES string of the molecule is CN(Cc1cccnc1)S(=O)(=O)c1ccc(CN)cn1. The Kier molecular flexibility index (Phi) is 4.43. The molecule has 0 saturated carbocycles. The van der Waals surface area contributed by atoms with E-state index < -0.39 is 10.0 Å². The maximum Gasteiger partial charge on any atom is 0.260 e. The molecule has 0 saturated heterocycles. The lowest BCUT2D eigenvalue weighted by Crippen LogP contribution is -2.27. The lowest BCUT2D eigenvalue weighted by atomic mass is 10.3. The minimum atomic E-state index is -3.61. The van der Waals surface area contributed by atoms with Crippen LogP contribution in [0, 0.1) is 0 Å². The number of aromatic nitrogens is 2. The van der Waals surface area contributed by atoms with E-state index in [0.717, 1.165) is 11.1 Å². The molecule has 106 valence electrons. The van der Waals surface area contributed by atoms with Gasteiger partial charge < -0.3 is 5.73 Å². The van der Waals surface area contributed by atoms with Gasteiger partial charge in [-0.1, -0.05) is 12.1 Å². The summed E-state index contributed by atoms with van der Waals surface area (Å²) in [6.45, 7) is 0.579. The first kappa shape index (κ1) is 14.6. The number of rotatable bonds is 5. The van der Waals surface area contributed by atoms with E-state index in [-0.39, 0.29) is 11.6 Å². The third kappa shape index (κ3) is 3.19. The van der Waals surface area contributed by atoms with Crippen molar-refractivity contribution < 1.29 is 8.42 Å². The number of sulfonamides is 1. The summed E-state index contributed by atoms with van der Waals surface area (Å²) in [6, 6.07) is 6.73. The van der Waals surface area contributed by atoms with Crippen molar-refractivity contribution in [2.24, 2.45) is 5.73 Å². The van der Waals surface area contributed by atoms with Crippen molar-refractivity contribution in [1.82, 2.24) is 14.3 Å². The van der Waals surface area contributed by atoms with Crippen molar-refractivity contribution in [2.45, 2.75) is 18.1 Å².